The first kappa shape index (κ1) is 13.2. The van der Waals surface area contributed by atoms with Crippen molar-refractivity contribution in [3.8, 4) is 0 Å². The summed E-state index contributed by atoms with van der Waals surface area (Å²) in [7, 11) is 0. The van der Waals surface area contributed by atoms with Gasteiger partial charge in [0.2, 0.25) is 0 Å². The van der Waals surface area contributed by atoms with E-state index >= 15 is 0 Å². The van der Waals surface area contributed by atoms with E-state index in [9.17, 15) is 0 Å². The highest BCUT2D eigenvalue weighted by molar-refractivity contribution is 5.14. The Balaban J connectivity index is 2.03. The second-order valence-corrected chi connectivity index (χ2v) is 4.59. The molecule has 1 heteroatoms. The summed E-state index contributed by atoms with van der Waals surface area (Å²) in [5.41, 5.74) is 1.45. The number of benzene rings is 1. The lowest BCUT2D eigenvalue weighted by Crippen LogP contribution is -2.27. The maximum atomic E-state index is 3.59. The van der Waals surface area contributed by atoms with Gasteiger partial charge in [0, 0.05) is 6.04 Å². The topological polar surface area (TPSA) is 12.0 Å². The molecule has 1 aromatic carbocycles. The van der Waals surface area contributed by atoms with Crippen LogP contribution in [0.5, 0.6) is 0 Å². The average Bonchev–Trinajstić information content (AvgIpc) is 2.33. The molecular formula is C15H25N. The summed E-state index contributed by atoms with van der Waals surface area (Å²) < 4.78 is 0. The fourth-order valence-electron chi connectivity index (χ4n) is 1.90. The van der Waals surface area contributed by atoms with Gasteiger partial charge in [0.1, 0.15) is 0 Å². The molecule has 1 nitrogen and oxygen atoms in total. The average molecular weight is 219 g/mol. The van der Waals surface area contributed by atoms with E-state index in [1.54, 1.807) is 0 Å². The smallest absolute Gasteiger partial charge is 0.00387 e. The van der Waals surface area contributed by atoms with Crippen LogP contribution < -0.4 is 5.32 Å². The molecule has 90 valence electrons. The van der Waals surface area contributed by atoms with Crippen LogP contribution in [0.3, 0.4) is 0 Å². The molecule has 0 spiro atoms. The molecule has 0 aliphatic rings. The largest absolute Gasteiger partial charge is 0.314 e. The van der Waals surface area contributed by atoms with Crippen LogP contribution in [-0.4, -0.2) is 12.6 Å². The Morgan fingerprint density at radius 2 is 1.88 bits per heavy atom. The first-order valence-corrected chi connectivity index (χ1v) is 6.60. The lowest BCUT2D eigenvalue weighted by atomic mass is 10.1. The highest BCUT2D eigenvalue weighted by Crippen LogP contribution is 2.03. The molecule has 1 atom stereocenters. The van der Waals surface area contributed by atoms with Crippen molar-refractivity contribution in [3.05, 3.63) is 35.9 Å². The normalized spacial score (nSPS) is 12.6. The molecule has 0 amide bonds. The van der Waals surface area contributed by atoms with Crippen LogP contribution in [0.25, 0.3) is 0 Å². The van der Waals surface area contributed by atoms with Crippen LogP contribution in [0.2, 0.25) is 0 Å². The third-order valence-corrected chi connectivity index (χ3v) is 2.97. The molecular weight excluding hydrogens is 194 g/mol. The van der Waals surface area contributed by atoms with E-state index in [1.807, 2.05) is 0 Å². The molecule has 0 heterocycles. The summed E-state index contributed by atoms with van der Waals surface area (Å²) in [4.78, 5) is 0. The molecule has 1 unspecified atom stereocenters. The molecule has 16 heavy (non-hydrogen) atoms. The summed E-state index contributed by atoms with van der Waals surface area (Å²) in [6.07, 6.45) is 6.37. The van der Waals surface area contributed by atoms with Gasteiger partial charge in [-0.2, -0.15) is 0 Å². The van der Waals surface area contributed by atoms with Gasteiger partial charge < -0.3 is 5.32 Å². The SMILES string of the molecule is CCCCC(C)NCCCc1ccccc1. The van der Waals surface area contributed by atoms with Crippen molar-refractivity contribution in [2.75, 3.05) is 6.54 Å². The van der Waals surface area contributed by atoms with E-state index in [1.165, 1.54) is 37.7 Å². The van der Waals surface area contributed by atoms with Crippen LogP contribution in [0, 0.1) is 0 Å². The zero-order valence-corrected chi connectivity index (χ0v) is 10.7. The number of nitrogens with one attached hydrogen (secondary N) is 1. The molecule has 0 saturated carbocycles. The third-order valence-electron chi connectivity index (χ3n) is 2.97. The molecule has 0 aliphatic heterocycles. The minimum atomic E-state index is 0.677. The zero-order chi connectivity index (χ0) is 11.6. The number of unbranched alkanes of at least 4 members (excludes halogenated alkanes) is 1. The fourth-order valence-corrected chi connectivity index (χ4v) is 1.90. The van der Waals surface area contributed by atoms with Crippen molar-refractivity contribution in [2.45, 2.75) is 52.0 Å². The van der Waals surface area contributed by atoms with Gasteiger partial charge in [-0.05, 0) is 38.3 Å². The predicted molar refractivity (Wildman–Crippen MR) is 71.8 cm³/mol. The van der Waals surface area contributed by atoms with Crippen molar-refractivity contribution >= 4 is 0 Å². The highest BCUT2D eigenvalue weighted by Gasteiger charge is 1.99. The van der Waals surface area contributed by atoms with E-state index in [4.69, 9.17) is 0 Å². The Bertz CT molecular complexity index is 255. The maximum absolute atomic E-state index is 3.59. The van der Waals surface area contributed by atoms with E-state index in [0.717, 1.165) is 6.54 Å². The van der Waals surface area contributed by atoms with E-state index in [0.29, 0.717) is 6.04 Å². The Morgan fingerprint density at radius 1 is 1.12 bits per heavy atom. The van der Waals surface area contributed by atoms with Crippen LogP contribution in [-0.2, 0) is 6.42 Å². The molecule has 1 rings (SSSR count). The number of rotatable bonds is 8. The van der Waals surface area contributed by atoms with Crippen LogP contribution in [0.1, 0.15) is 45.1 Å². The maximum Gasteiger partial charge on any atom is 0.00387 e. The monoisotopic (exact) mass is 219 g/mol. The summed E-state index contributed by atoms with van der Waals surface area (Å²) in [5, 5.41) is 3.59. The van der Waals surface area contributed by atoms with Crippen molar-refractivity contribution in [3.63, 3.8) is 0 Å². The van der Waals surface area contributed by atoms with E-state index in [2.05, 4.69) is 49.5 Å². The first-order chi connectivity index (χ1) is 7.83. The molecule has 1 aromatic rings. The fraction of sp³-hybridized carbons (Fsp3) is 0.600. The van der Waals surface area contributed by atoms with Crippen molar-refractivity contribution in [2.24, 2.45) is 0 Å². The van der Waals surface area contributed by atoms with E-state index in [-0.39, 0.29) is 0 Å². The van der Waals surface area contributed by atoms with Crippen LogP contribution in [0.15, 0.2) is 30.3 Å². The zero-order valence-electron chi connectivity index (χ0n) is 10.7. The van der Waals surface area contributed by atoms with E-state index < -0.39 is 0 Å². The van der Waals surface area contributed by atoms with Gasteiger partial charge in [-0.25, -0.2) is 0 Å². The van der Waals surface area contributed by atoms with Crippen molar-refractivity contribution in [1.82, 2.24) is 5.32 Å². The second-order valence-electron chi connectivity index (χ2n) is 4.59. The van der Waals surface area contributed by atoms with Gasteiger partial charge in [-0.3, -0.25) is 0 Å². The minimum Gasteiger partial charge on any atom is -0.314 e. The number of hydrogen-bond donors (Lipinski definition) is 1. The van der Waals surface area contributed by atoms with Crippen LogP contribution in [0.4, 0.5) is 0 Å². The van der Waals surface area contributed by atoms with Gasteiger partial charge in [-0.15, -0.1) is 0 Å². The molecule has 0 fully saturated rings. The summed E-state index contributed by atoms with van der Waals surface area (Å²) in [6.45, 7) is 5.68. The Kier molecular flexibility index (Phi) is 6.91. The molecule has 0 aliphatic carbocycles. The number of aryl methyl sites for hydroxylation is 1. The first-order valence-electron chi connectivity index (χ1n) is 6.60. The summed E-state index contributed by atoms with van der Waals surface area (Å²) in [5.74, 6) is 0. The summed E-state index contributed by atoms with van der Waals surface area (Å²) in [6, 6.07) is 11.4. The standard InChI is InChI=1S/C15H25N/c1-3-4-9-14(2)16-13-8-12-15-10-6-5-7-11-15/h5-7,10-11,14,16H,3-4,8-9,12-13H2,1-2H3. The predicted octanol–water partition coefficient (Wildman–Crippen LogP) is 3.79. The van der Waals surface area contributed by atoms with Crippen molar-refractivity contribution in [1.29, 1.82) is 0 Å². The molecule has 0 bridgehead atoms. The quantitative estimate of drug-likeness (QED) is 0.656. The van der Waals surface area contributed by atoms with Crippen molar-refractivity contribution < 1.29 is 0 Å². The highest BCUT2D eigenvalue weighted by atomic mass is 14.9. The van der Waals surface area contributed by atoms with Crippen LogP contribution >= 0.6 is 0 Å². The molecule has 0 radical (unpaired) electrons. The Hall–Kier alpha value is -0.820. The lowest BCUT2D eigenvalue weighted by molar-refractivity contribution is 0.489. The molecule has 0 aromatic heterocycles. The molecule has 0 saturated heterocycles. The van der Waals surface area contributed by atoms with Gasteiger partial charge in [0.15, 0.2) is 0 Å². The second kappa shape index (κ2) is 8.35. The lowest BCUT2D eigenvalue weighted by Gasteiger charge is -2.12. The Morgan fingerprint density at radius 3 is 2.56 bits per heavy atom. The minimum absolute atomic E-state index is 0.677. The number of hydrogen-bond acceptors (Lipinski definition) is 1. The Labute approximate surface area is 100 Å². The van der Waals surface area contributed by atoms with Gasteiger partial charge in [0.25, 0.3) is 0 Å². The van der Waals surface area contributed by atoms with Gasteiger partial charge in [0.05, 0.1) is 0 Å². The molecule has 1 N–H and O–H groups in total. The third kappa shape index (κ3) is 5.92. The van der Waals surface area contributed by atoms with Gasteiger partial charge >= 0.3 is 0 Å². The summed E-state index contributed by atoms with van der Waals surface area (Å²) >= 11 is 0. The van der Waals surface area contributed by atoms with Gasteiger partial charge in [-0.1, -0.05) is 50.1 Å².